The number of carbonyl (C=O) groups excluding carboxylic acids is 2. The van der Waals surface area contributed by atoms with Gasteiger partial charge in [0.2, 0.25) is 5.91 Å². The minimum atomic E-state index is -0.0253. The summed E-state index contributed by atoms with van der Waals surface area (Å²) in [5, 5.41) is 0. The summed E-state index contributed by atoms with van der Waals surface area (Å²) in [6.45, 7) is 4.43. The highest BCUT2D eigenvalue weighted by atomic mass is 16.2. The van der Waals surface area contributed by atoms with Gasteiger partial charge in [-0.2, -0.15) is 0 Å². The average molecular weight is 349 g/mol. The number of aryl methyl sites for hydroxylation is 1. The molecule has 0 bridgehead atoms. The molecule has 0 atom stereocenters. The number of hydrogen-bond acceptors (Lipinski definition) is 3. The molecule has 1 aromatic carbocycles. The number of benzene rings is 1. The molecule has 5 heteroatoms. The monoisotopic (exact) mass is 349 g/mol. The summed E-state index contributed by atoms with van der Waals surface area (Å²) < 4.78 is 0. The van der Waals surface area contributed by atoms with Crippen LogP contribution in [0.5, 0.6) is 0 Å². The molecule has 0 radical (unpaired) electrons. The van der Waals surface area contributed by atoms with E-state index in [-0.39, 0.29) is 11.8 Å². The third-order valence-electron chi connectivity index (χ3n) is 4.46. The smallest absolute Gasteiger partial charge is 0.255 e. The van der Waals surface area contributed by atoms with Gasteiger partial charge < -0.3 is 9.80 Å². The van der Waals surface area contributed by atoms with Crippen LogP contribution >= 0.6 is 0 Å². The standard InChI is InChI=1S/C21H23N3O2/c1-17-5-2-6-18(15-17)8-9-20(25)23-11-4-12-24(14-13-23)21(26)19-7-3-10-22-16-19/h2-3,5-10,15-16H,4,11-14H2,1H3/b9-8+. The van der Waals surface area contributed by atoms with Gasteiger partial charge in [-0.1, -0.05) is 29.8 Å². The first-order valence-electron chi connectivity index (χ1n) is 8.86. The molecule has 134 valence electrons. The van der Waals surface area contributed by atoms with Crippen LogP contribution in [0, 0.1) is 6.92 Å². The van der Waals surface area contributed by atoms with Crippen molar-refractivity contribution in [2.24, 2.45) is 0 Å². The molecule has 1 saturated heterocycles. The van der Waals surface area contributed by atoms with Crippen molar-refractivity contribution in [2.45, 2.75) is 13.3 Å². The first kappa shape index (κ1) is 17.9. The molecule has 1 aliphatic rings. The Morgan fingerprint density at radius 3 is 2.62 bits per heavy atom. The van der Waals surface area contributed by atoms with E-state index >= 15 is 0 Å². The van der Waals surface area contributed by atoms with Crippen LogP contribution in [0.15, 0.2) is 54.9 Å². The molecule has 2 amide bonds. The molecule has 3 rings (SSSR count). The zero-order valence-electron chi connectivity index (χ0n) is 15.0. The Morgan fingerprint density at radius 2 is 1.85 bits per heavy atom. The van der Waals surface area contributed by atoms with Crippen LogP contribution < -0.4 is 0 Å². The fourth-order valence-corrected chi connectivity index (χ4v) is 3.06. The van der Waals surface area contributed by atoms with Gasteiger partial charge in [-0.3, -0.25) is 14.6 Å². The first-order valence-corrected chi connectivity index (χ1v) is 8.86. The van der Waals surface area contributed by atoms with Gasteiger partial charge in [-0.25, -0.2) is 0 Å². The fourth-order valence-electron chi connectivity index (χ4n) is 3.06. The molecule has 2 heterocycles. The van der Waals surface area contributed by atoms with E-state index in [0.717, 1.165) is 12.0 Å². The molecule has 5 nitrogen and oxygen atoms in total. The number of nitrogens with zero attached hydrogens (tertiary/aromatic N) is 3. The van der Waals surface area contributed by atoms with E-state index in [9.17, 15) is 9.59 Å². The van der Waals surface area contributed by atoms with Crippen molar-refractivity contribution in [3.05, 3.63) is 71.6 Å². The highest BCUT2D eigenvalue weighted by molar-refractivity contribution is 5.94. The molecule has 0 spiro atoms. The van der Waals surface area contributed by atoms with Crippen molar-refractivity contribution in [2.75, 3.05) is 26.2 Å². The molecule has 0 saturated carbocycles. The largest absolute Gasteiger partial charge is 0.337 e. The Hall–Kier alpha value is -2.95. The fraction of sp³-hybridized carbons (Fsp3) is 0.286. The molecule has 0 N–H and O–H groups in total. The van der Waals surface area contributed by atoms with E-state index in [4.69, 9.17) is 0 Å². The molecular weight excluding hydrogens is 326 g/mol. The minimum absolute atomic E-state index is 0.0119. The molecule has 1 fully saturated rings. The Kier molecular flexibility index (Phi) is 5.79. The SMILES string of the molecule is Cc1cccc(/C=C/C(=O)N2CCCN(C(=O)c3cccnc3)CC2)c1. The maximum absolute atomic E-state index is 12.5. The highest BCUT2D eigenvalue weighted by Crippen LogP contribution is 2.10. The summed E-state index contributed by atoms with van der Waals surface area (Å²) in [5.74, 6) is -0.0371. The van der Waals surface area contributed by atoms with E-state index in [2.05, 4.69) is 4.98 Å². The van der Waals surface area contributed by atoms with Gasteiger partial charge in [-0.05, 0) is 37.1 Å². The van der Waals surface area contributed by atoms with Gasteiger partial charge in [0, 0.05) is 44.6 Å². The number of hydrogen-bond donors (Lipinski definition) is 0. The van der Waals surface area contributed by atoms with E-state index in [1.54, 1.807) is 35.5 Å². The summed E-state index contributed by atoms with van der Waals surface area (Å²) in [7, 11) is 0. The van der Waals surface area contributed by atoms with Crippen molar-refractivity contribution in [1.82, 2.24) is 14.8 Å². The Labute approximate surface area is 154 Å². The maximum atomic E-state index is 12.5. The molecule has 26 heavy (non-hydrogen) atoms. The second-order valence-electron chi connectivity index (χ2n) is 6.46. The minimum Gasteiger partial charge on any atom is -0.337 e. The van der Waals surface area contributed by atoms with Crippen LogP contribution in [0.25, 0.3) is 6.08 Å². The first-order chi connectivity index (χ1) is 12.6. The molecule has 1 aliphatic heterocycles. The second-order valence-corrected chi connectivity index (χ2v) is 6.46. The number of aromatic nitrogens is 1. The molecule has 0 aliphatic carbocycles. The normalized spacial score (nSPS) is 15.1. The van der Waals surface area contributed by atoms with Crippen LogP contribution in [0.2, 0.25) is 0 Å². The van der Waals surface area contributed by atoms with Gasteiger partial charge in [0.05, 0.1) is 5.56 Å². The molecule has 2 aromatic rings. The van der Waals surface area contributed by atoms with Gasteiger partial charge in [0.25, 0.3) is 5.91 Å². The lowest BCUT2D eigenvalue weighted by Gasteiger charge is -2.21. The summed E-state index contributed by atoms with van der Waals surface area (Å²) >= 11 is 0. The van der Waals surface area contributed by atoms with Gasteiger partial charge in [0.15, 0.2) is 0 Å². The Morgan fingerprint density at radius 1 is 1.04 bits per heavy atom. The topological polar surface area (TPSA) is 53.5 Å². The lowest BCUT2D eigenvalue weighted by atomic mass is 10.1. The molecule has 1 aromatic heterocycles. The predicted molar refractivity (Wildman–Crippen MR) is 102 cm³/mol. The van der Waals surface area contributed by atoms with Crippen LogP contribution in [0.4, 0.5) is 0 Å². The van der Waals surface area contributed by atoms with Crippen LogP contribution in [0.1, 0.15) is 27.9 Å². The van der Waals surface area contributed by atoms with E-state index in [0.29, 0.717) is 31.7 Å². The van der Waals surface area contributed by atoms with Crippen molar-refractivity contribution >= 4 is 17.9 Å². The maximum Gasteiger partial charge on any atom is 0.255 e. The van der Waals surface area contributed by atoms with Crippen molar-refractivity contribution < 1.29 is 9.59 Å². The van der Waals surface area contributed by atoms with Crippen molar-refractivity contribution in [1.29, 1.82) is 0 Å². The number of pyridine rings is 1. The second kappa shape index (κ2) is 8.43. The van der Waals surface area contributed by atoms with Gasteiger partial charge in [-0.15, -0.1) is 0 Å². The van der Waals surface area contributed by atoms with Crippen molar-refractivity contribution in [3.63, 3.8) is 0 Å². The summed E-state index contributed by atoms with van der Waals surface area (Å²) in [6.07, 6.45) is 7.48. The number of amides is 2. The quantitative estimate of drug-likeness (QED) is 0.801. The van der Waals surface area contributed by atoms with Gasteiger partial charge >= 0.3 is 0 Å². The predicted octanol–water partition coefficient (Wildman–Crippen LogP) is 2.78. The Balaban J connectivity index is 1.59. The number of rotatable bonds is 3. The van der Waals surface area contributed by atoms with Crippen LogP contribution in [-0.4, -0.2) is 52.8 Å². The highest BCUT2D eigenvalue weighted by Gasteiger charge is 2.21. The molecule has 0 unspecified atom stereocenters. The third kappa shape index (κ3) is 4.57. The van der Waals surface area contributed by atoms with E-state index in [1.807, 2.05) is 42.2 Å². The van der Waals surface area contributed by atoms with Crippen LogP contribution in [-0.2, 0) is 4.79 Å². The Bertz CT molecular complexity index is 802. The van der Waals surface area contributed by atoms with E-state index < -0.39 is 0 Å². The zero-order valence-corrected chi connectivity index (χ0v) is 15.0. The summed E-state index contributed by atoms with van der Waals surface area (Å²) in [4.78, 5) is 32.6. The van der Waals surface area contributed by atoms with Gasteiger partial charge in [0.1, 0.15) is 0 Å². The lowest BCUT2D eigenvalue weighted by molar-refractivity contribution is -0.125. The summed E-state index contributed by atoms with van der Waals surface area (Å²) in [6, 6.07) is 11.6. The lowest BCUT2D eigenvalue weighted by Crippen LogP contribution is -2.36. The zero-order chi connectivity index (χ0) is 18.4. The number of carbonyl (C=O) groups is 2. The average Bonchev–Trinajstić information content (AvgIpc) is 2.92. The summed E-state index contributed by atoms with van der Waals surface area (Å²) in [5.41, 5.74) is 2.77. The molecular formula is C21H23N3O2. The van der Waals surface area contributed by atoms with Crippen LogP contribution in [0.3, 0.4) is 0 Å². The third-order valence-corrected chi connectivity index (χ3v) is 4.46. The van der Waals surface area contributed by atoms with E-state index in [1.165, 1.54) is 5.56 Å². The van der Waals surface area contributed by atoms with Crippen molar-refractivity contribution in [3.8, 4) is 0 Å².